The molecule has 3 rings (SSSR count). The molecule has 1 saturated carbocycles. The molecule has 1 fully saturated rings. The minimum Gasteiger partial charge on any atom is -0.393 e. The molecule has 4 nitrogen and oxygen atoms in total. The highest BCUT2D eigenvalue weighted by Gasteiger charge is 2.25. The topological polar surface area (TPSA) is 41.3 Å². The molecule has 0 saturated heterocycles. The van der Waals surface area contributed by atoms with Gasteiger partial charge in [-0.25, -0.2) is 4.98 Å². The molecular weight excluding hydrogens is 262 g/mol. The Kier molecular flexibility index (Phi) is 4.36. The van der Waals surface area contributed by atoms with Gasteiger partial charge in [-0.05, 0) is 43.5 Å². The molecule has 1 N–H and O–H groups in total. The van der Waals surface area contributed by atoms with E-state index in [1.54, 1.807) is 6.20 Å². The number of aliphatic hydroxyl groups excluding tert-OH is 1. The van der Waals surface area contributed by atoms with Gasteiger partial charge in [0.15, 0.2) is 0 Å². The Morgan fingerprint density at radius 3 is 2.71 bits per heavy atom. The lowest BCUT2D eigenvalue weighted by Crippen LogP contribution is -2.29. The third kappa shape index (κ3) is 3.52. The molecule has 0 radical (unpaired) electrons. The SMILES string of the molecule is CN(Cc1ccc(-n2ccnc2)cc1)CC1CCCC1O. The van der Waals surface area contributed by atoms with E-state index in [-0.39, 0.29) is 6.10 Å². The van der Waals surface area contributed by atoms with Gasteiger partial charge >= 0.3 is 0 Å². The van der Waals surface area contributed by atoms with Crippen LogP contribution >= 0.6 is 0 Å². The Morgan fingerprint density at radius 1 is 1.29 bits per heavy atom. The van der Waals surface area contributed by atoms with Crippen molar-refractivity contribution in [3.8, 4) is 5.69 Å². The van der Waals surface area contributed by atoms with Crippen molar-refractivity contribution in [2.24, 2.45) is 5.92 Å². The molecule has 2 aromatic rings. The van der Waals surface area contributed by atoms with Crippen LogP contribution in [-0.2, 0) is 6.54 Å². The van der Waals surface area contributed by atoms with Crippen molar-refractivity contribution in [3.63, 3.8) is 0 Å². The smallest absolute Gasteiger partial charge is 0.0991 e. The highest BCUT2D eigenvalue weighted by molar-refractivity contribution is 5.34. The first-order valence-corrected chi connectivity index (χ1v) is 7.66. The summed E-state index contributed by atoms with van der Waals surface area (Å²) in [5, 5.41) is 9.91. The summed E-state index contributed by atoms with van der Waals surface area (Å²) in [6.45, 7) is 1.90. The number of hydrogen-bond acceptors (Lipinski definition) is 3. The Labute approximate surface area is 126 Å². The number of rotatable bonds is 5. The highest BCUT2D eigenvalue weighted by Crippen LogP contribution is 2.26. The molecule has 21 heavy (non-hydrogen) atoms. The maximum absolute atomic E-state index is 9.91. The lowest BCUT2D eigenvalue weighted by Gasteiger charge is -2.23. The third-order valence-electron chi connectivity index (χ3n) is 4.36. The summed E-state index contributed by atoms with van der Waals surface area (Å²) in [4.78, 5) is 6.38. The number of aliphatic hydroxyl groups is 1. The molecular formula is C17H23N3O. The molecule has 1 heterocycles. The van der Waals surface area contributed by atoms with E-state index in [1.165, 1.54) is 12.0 Å². The summed E-state index contributed by atoms with van der Waals surface area (Å²) in [7, 11) is 2.13. The van der Waals surface area contributed by atoms with Crippen LogP contribution in [0.5, 0.6) is 0 Å². The fraction of sp³-hybridized carbons (Fsp3) is 0.471. The molecule has 0 spiro atoms. The van der Waals surface area contributed by atoms with Crippen LogP contribution in [0.4, 0.5) is 0 Å². The van der Waals surface area contributed by atoms with Gasteiger partial charge < -0.3 is 14.6 Å². The average Bonchev–Trinajstić information content (AvgIpc) is 3.12. The van der Waals surface area contributed by atoms with Gasteiger partial charge in [0.25, 0.3) is 0 Å². The summed E-state index contributed by atoms with van der Waals surface area (Å²) in [6, 6.07) is 8.57. The van der Waals surface area contributed by atoms with Crippen molar-refractivity contribution in [3.05, 3.63) is 48.5 Å². The van der Waals surface area contributed by atoms with E-state index in [0.29, 0.717) is 5.92 Å². The molecule has 0 amide bonds. The molecule has 0 aliphatic heterocycles. The molecule has 1 aliphatic rings. The standard InChI is InChI=1S/C17H23N3O/c1-19(12-15-3-2-4-17(15)21)11-14-5-7-16(8-6-14)20-10-9-18-13-20/h5-10,13,15,17,21H,2-4,11-12H2,1H3. The summed E-state index contributed by atoms with van der Waals surface area (Å²) in [5.74, 6) is 0.445. The zero-order chi connectivity index (χ0) is 14.7. The molecule has 1 aliphatic carbocycles. The van der Waals surface area contributed by atoms with E-state index in [2.05, 4.69) is 41.2 Å². The predicted octanol–water partition coefficient (Wildman–Crippen LogP) is 2.47. The summed E-state index contributed by atoms with van der Waals surface area (Å²) < 4.78 is 2.00. The van der Waals surface area contributed by atoms with Crippen molar-refractivity contribution >= 4 is 0 Å². The fourth-order valence-corrected chi connectivity index (χ4v) is 3.19. The Balaban J connectivity index is 1.57. The quantitative estimate of drug-likeness (QED) is 0.917. The summed E-state index contributed by atoms with van der Waals surface area (Å²) >= 11 is 0. The van der Waals surface area contributed by atoms with Crippen LogP contribution in [0.3, 0.4) is 0 Å². The number of benzene rings is 1. The number of nitrogens with zero attached hydrogens (tertiary/aromatic N) is 3. The van der Waals surface area contributed by atoms with Gasteiger partial charge in [0.05, 0.1) is 12.4 Å². The maximum atomic E-state index is 9.91. The Morgan fingerprint density at radius 2 is 2.10 bits per heavy atom. The number of aromatic nitrogens is 2. The lowest BCUT2D eigenvalue weighted by molar-refractivity contribution is 0.108. The number of hydrogen-bond donors (Lipinski definition) is 1. The fourth-order valence-electron chi connectivity index (χ4n) is 3.19. The molecule has 1 aromatic carbocycles. The van der Waals surface area contributed by atoms with Crippen molar-refractivity contribution in [2.45, 2.75) is 31.9 Å². The minimum atomic E-state index is -0.101. The molecule has 2 unspecified atom stereocenters. The monoisotopic (exact) mass is 285 g/mol. The second-order valence-corrected chi connectivity index (χ2v) is 6.09. The zero-order valence-corrected chi connectivity index (χ0v) is 12.5. The molecule has 0 bridgehead atoms. The third-order valence-corrected chi connectivity index (χ3v) is 4.36. The summed E-state index contributed by atoms with van der Waals surface area (Å²) in [6.07, 6.45) is 8.73. The van der Waals surface area contributed by atoms with Crippen molar-refractivity contribution in [1.29, 1.82) is 0 Å². The van der Waals surface area contributed by atoms with Crippen LogP contribution in [0, 0.1) is 5.92 Å². The average molecular weight is 285 g/mol. The van der Waals surface area contributed by atoms with Gasteiger partial charge in [-0.15, -0.1) is 0 Å². The molecule has 1 aromatic heterocycles. The number of imidazole rings is 1. The maximum Gasteiger partial charge on any atom is 0.0991 e. The van der Waals surface area contributed by atoms with Crippen LogP contribution in [-0.4, -0.2) is 39.3 Å². The second kappa shape index (κ2) is 6.41. The van der Waals surface area contributed by atoms with Crippen LogP contribution in [0.2, 0.25) is 0 Å². The Hall–Kier alpha value is -1.65. The van der Waals surface area contributed by atoms with E-state index in [4.69, 9.17) is 0 Å². The second-order valence-electron chi connectivity index (χ2n) is 6.09. The van der Waals surface area contributed by atoms with E-state index in [1.807, 2.05) is 17.1 Å². The first kappa shape index (κ1) is 14.3. The normalized spacial score (nSPS) is 22.0. The highest BCUT2D eigenvalue weighted by atomic mass is 16.3. The molecule has 4 heteroatoms. The lowest BCUT2D eigenvalue weighted by atomic mass is 10.1. The van der Waals surface area contributed by atoms with Gasteiger partial charge in [0.1, 0.15) is 0 Å². The van der Waals surface area contributed by atoms with E-state index < -0.39 is 0 Å². The van der Waals surface area contributed by atoms with Crippen LogP contribution in [0.25, 0.3) is 5.69 Å². The first-order valence-electron chi connectivity index (χ1n) is 7.66. The van der Waals surface area contributed by atoms with E-state index in [9.17, 15) is 5.11 Å². The predicted molar refractivity (Wildman–Crippen MR) is 83.2 cm³/mol. The summed E-state index contributed by atoms with van der Waals surface area (Å²) in [5.41, 5.74) is 2.43. The van der Waals surface area contributed by atoms with E-state index >= 15 is 0 Å². The van der Waals surface area contributed by atoms with Gasteiger partial charge in [0.2, 0.25) is 0 Å². The van der Waals surface area contributed by atoms with Crippen LogP contribution in [0.1, 0.15) is 24.8 Å². The van der Waals surface area contributed by atoms with Gasteiger partial charge in [-0.1, -0.05) is 18.6 Å². The molecule has 112 valence electrons. The molecule has 2 atom stereocenters. The Bertz CT molecular complexity index is 550. The van der Waals surface area contributed by atoms with Crippen molar-refractivity contribution < 1.29 is 5.11 Å². The van der Waals surface area contributed by atoms with Crippen molar-refractivity contribution in [1.82, 2.24) is 14.5 Å². The van der Waals surface area contributed by atoms with Gasteiger partial charge in [-0.2, -0.15) is 0 Å². The van der Waals surface area contributed by atoms with Gasteiger partial charge in [-0.3, -0.25) is 0 Å². The zero-order valence-electron chi connectivity index (χ0n) is 12.5. The first-order chi connectivity index (χ1) is 10.2. The van der Waals surface area contributed by atoms with E-state index in [0.717, 1.165) is 31.6 Å². The van der Waals surface area contributed by atoms with Crippen LogP contribution < -0.4 is 0 Å². The van der Waals surface area contributed by atoms with Crippen molar-refractivity contribution in [2.75, 3.05) is 13.6 Å². The van der Waals surface area contributed by atoms with Gasteiger partial charge in [0, 0.05) is 31.2 Å². The minimum absolute atomic E-state index is 0.101. The van der Waals surface area contributed by atoms with Crippen LogP contribution in [0.15, 0.2) is 43.0 Å². The largest absolute Gasteiger partial charge is 0.393 e.